The quantitative estimate of drug-likeness (QED) is 0.647. The first-order valence-corrected chi connectivity index (χ1v) is 5.19. The van der Waals surface area contributed by atoms with Crippen LogP contribution in [0.2, 0.25) is 0 Å². The van der Waals surface area contributed by atoms with Crippen LogP contribution in [0, 0.1) is 17.1 Å². The van der Waals surface area contributed by atoms with E-state index < -0.39 is 11.8 Å². The number of aromatic nitrogens is 2. The van der Waals surface area contributed by atoms with Crippen LogP contribution >= 0.6 is 0 Å². The molecule has 1 aromatic carbocycles. The summed E-state index contributed by atoms with van der Waals surface area (Å²) in [5, 5.41) is 8.87. The molecule has 0 amide bonds. The third kappa shape index (κ3) is 2.11. The van der Waals surface area contributed by atoms with Crippen molar-refractivity contribution in [2.45, 2.75) is 0 Å². The Morgan fingerprint density at radius 1 is 1.58 bits per heavy atom. The minimum absolute atomic E-state index is 0.000475. The highest BCUT2D eigenvalue weighted by Gasteiger charge is 2.17. The molecule has 0 unspecified atom stereocenters. The Balaban J connectivity index is 2.65. The molecular weight excluding hydrogens is 251 g/mol. The number of nitriles is 1. The molecule has 0 saturated carbocycles. The Hall–Kier alpha value is -2.88. The van der Waals surface area contributed by atoms with Crippen LogP contribution in [0.25, 0.3) is 5.69 Å². The van der Waals surface area contributed by atoms with Crippen molar-refractivity contribution in [2.75, 3.05) is 12.8 Å². The fraction of sp³-hybridized carbons (Fsp3) is 0.0833. The van der Waals surface area contributed by atoms with Crippen LogP contribution in [0.1, 0.15) is 16.2 Å². The molecule has 0 atom stereocenters. The highest BCUT2D eigenvalue weighted by Crippen LogP contribution is 2.22. The summed E-state index contributed by atoms with van der Waals surface area (Å²) in [4.78, 5) is 15.3. The van der Waals surface area contributed by atoms with Crippen molar-refractivity contribution >= 4 is 11.7 Å². The van der Waals surface area contributed by atoms with Crippen LogP contribution in [0.3, 0.4) is 0 Å². The van der Waals surface area contributed by atoms with E-state index in [1.165, 1.54) is 30.1 Å². The summed E-state index contributed by atoms with van der Waals surface area (Å²) in [5.41, 5.74) is 5.55. The lowest BCUT2D eigenvalue weighted by molar-refractivity contribution is 0.0602. The largest absolute Gasteiger partial charge is 0.465 e. The number of methoxy groups -OCH3 is 1. The number of hydrogen-bond donors (Lipinski definition) is 1. The van der Waals surface area contributed by atoms with Crippen molar-refractivity contribution in [2.24, 2.45) is 0 Å². The maximum absolute atomic E-state index is 13.9. The number of carbonyl (C=O) groups excluding carboxylic acids is 1. The van der Waals surface area contributed by atoms with Gasteiger partial charge in [-0.05, 0) is 12.1 Å². The van der Waals surface area contributed by atoms with Gasteiger partial charge in [-0.2, -0.15) is 5.26 Å². The number of halogens is 1. The Bertz CT molecular complexity index is 688. The molecule has 0 aliphatic heterocycles. The first kappa shape index (κ1) is 12.6. The van der Waals surface area contributed by atoms with Crippen LogP contribution in [0.5, 0.6) is 0 Å². The van der Waals surface area contributed by atoms with Crippen molar-refractivity contribution < 1.29 is 13.9 Å². The summed E-state index contributed by atoms with van der Waals surface area (Å²) in [6, 6.07) is 4.04. The molecule has 0 saturated heterocycles. The van der Waals surface area contributed by atoms with E-state index >= 15 is 0 Å². The summed E-state index contributed by atoms with van der Waals surface area (Å²) in [7, 11) is 1.20. The zero-order valence-electron chi connectivity index (χ0n) is 9.92. The molecule has 19 heavy (non-hydrogen) atoms. The Labute approximate surface area is 107 Å². The molecule has 2 rings (SSSR count). The number of hydrogen-bond acceptors (Lipinski definition) is 5. The molecule has 2 N–H and O–H groups in total. The fourth-order valence-corrected chi connectivity index (χ4v) is 1.63. The van der Waals surface area contributed by atoms with Gasteiger partial charge in [-0.25, -0.2) is 14.2 Å². The zero-order valence-corrected chi connectivity index (χ0v) is 9.92. The Morgan fingerprint density at radius 2 is 2.32 bits per heavy atom. The topological polar surface area (TPSA) is 93.9 Å². The number of esters is 1. The SMILES string of the molecule is COC(=O)c1cc(-n2ccnc2C#N)c(F)cc1N. The fourth-order valence-electron chi connectivity index (χ4n) is 1.63. The van der Waals surface area contributed by atoms with Gasteiger partial charge in [0.2, 0.25) is 5.82 Å². The van der Waals surface area contributed by atoms with E-state index in [-0.39, 0.29) is 22.8 Å². The Morgan fingerprint density at radius 3 is 2.95 bits per heavy atom. The number of carbonyl (C=O) groups is 1. The third-order valence-corrected chi connectivity index (χ3v) is 2.52. The minimum Gasteiger partial charge on any atom is -0.465 e. The van der Waals surface area contributed by atoms with E-state index in [4.69, 9.17) is 11.0 Å². The van der Waals surface area contributed by atoms with E-state index in [9.17, 15) is 9.18 Å². The Kier molecular flexibility index (Phi) is 3.16. The summed E-state index contributed by atoms with van der Waals surface area (Å²) in [6.07, 6.45) is 2.76. The van der Waals surface area contributed by atoms with E-state index in [0.717, 1.165) is 6.07 Å². The number of rotatable bonds is 2. The van der Waals surface area contributed by atoms with Crippen molar-refractivity contribution in [3.63, 3.8) is 0 Å². The average Bonchev–Trinajstić information content (AvgIpc) is 2.86. The molecule has 1 heterocycles. The molecule has 0 aliphatic carbocycles. The number of nitrogen functional groups attached to an aromatic ring is 1. The van der Waals surface area contributed by atoms with Crippen molar-refractivity contribution in [1.82, 2.24) is 9.55 Å². The third-order valence-electron chi connectivity index (χ3n) is 2.52. The van der Waals surface area contributed by atoms with Gasteiger partial charge < -0.3 is 10.5 Å². The number of anilines is 1. The standard InChI is InChI=1S/C12H9FN4O2/c1-19-12(18)7-4-10(8(13)5-9(7)15)17-3-2-16-11(17)6-14/h2-5H,15H2,1H3. The van der Waals surface area contributed by atoms with Crippen LogP contribution in [0.15, 0.2) is 24.5 Å². The van der Waals surface area contributed by atoms with Crippen LogP contribution in [0.4, 0.5) is 10.1 Å². The van der Waals surface area contributed by atoms with Crippen LogP contribution in [-0.2, 0) is 4.74 Å². The van der Waals surface area contributed by atoms with E-state index in [2.05, 4.69) is 9.72 Å². The second kappa shape index (κ2) is 4.78. The summed E-state index contributed by atoms with van der Waals surface area (Å²) in [6.45, 7) is 0. The van der Waals surface area contributed by atoms with E-state index in [0.29, 0.717) is 0 Å². The van der Waals surface area contributed by atoms with Crippen molar-refractivity contribution in [1.29, 1.82) is 5.26 Å². The number of imidazole rings is 1. The summed E-state index contributed by atoms with van der Waals surface area (Å²) in [5.74, 6) is -1.35. The first-order chi connectivity index (χ1) is 9.08. The van der Waals surface area contributed by atoms with Gasteiger partial charge in [0.15, 0.2) is 0 Å². The second-order valence-electron chi connectivity index (χ2n) is 3.62. The molecule has 0 radical (unpaired) electrons. The molecule has 0 bridgehead atoms. The molecule has 0 fully saturated rings. The lowest BCUT2D eigenvalue weighted by Gasteiger charge is -2.10. The number of nitrogens with zero attached hydrogens (tertiary/aromatic N) is 3. The number of nitrogens with two attached hydrogens (primary N) is 1. The van der Waals surface area contributed by atoms with Gasteiger partial charge >= 0.3 is 5.97 Å². The van der Waals surface area contributed by atoms with E-state index in [1.807, 2.05) is 6.07 Å². The number of benzene rings is 1. The molecule has 0 aliphatic rings. The molecule has 6 nitrogen and oxygen atoms in total. The van der Waals surface area contributed by atoms with Crippen molar-refractivity contribution in [3.8, 4) is 11.8 Å². The minimum atomic E-state index is -0.683. The van der Waals surface area contributed by atoms with Crippen molar-refractivity contribution in [3.05, 3.63) is 41.7 Å². The molecule has 1 aromatic heterocycles. The van der Waals surface area contributed by atoms with Gasteiger partial charge in [0.05, 0.1) is 18.4 Å². The van der Waals surface area contributed by atoms with Gasteiger partial charge in [0.1, 0.15) is 11.9 Å². The van der Waals surface area contributed by atoms with Crippen LogP contribution < -0.4 is 5.73 Å². The molecule has 2 aromatic rings. The smallest absolute Gasteiger partial charge is 0.340 e. The summed E-state index contributed by atoms with van der Waals surface area (Å²) >= 11 is 0. The highest BCUT2D eigenvalue weighted by atomic mass is 19.1. The molecule has 0 spiro atoms. The average molecular weight is 260 g/mol. The van der Waals surface area contributed by atoms with E-state index in [1.54, 1.807) is 0 Å². The van der Waals surface area contributed by atoms with Gasteiger partial charge in [-0.15, -0.1) is 0 Å². The van der Waals surface area contributed by atoms with Gasteiger partial charge in [0.25, 0.3) is 0 Å². The lowest BCUT2D eigenvalue weighted by Crippen LogP contribution is -2.09. The normalized spacial score (nSPS) is 9.95. The molecule has 96 valence electrons. The highest BCUT2D eigenvalue weighted by molar-refractivity contribution is 5.95. The number of ether oxygens (including phenoxy) is 1. The zero-order chi connectivity index (χ0) is 14.0. The monoisotopic (exact) mass is 260 g/mol. The predicted octanol–water partition coefficient (Wildman–Crippen LogP) is 1.25. The maximum Gasteiger partial charge on any atom is 0.340 e. The van der Waals surface area contributed by atoms with Gasteiger partial charge in [-0.1, -0.05) is 0 Å². The molecular formula is C12H9FN4O2. The second-order valence-corrected chi connectivity index (χ2v) is 3.62. The van der Waals surface area contributed by atoms with Gasteiger partial charge in [-0.3, -0.25) is 4.57 Å². The predicted molar refractivity (Wildman–Crippen MR) is 64.0 cm³/mol. The van der Waals surface area contributed by atoms with Gasteiger partial charge in [0, 0.05) is 18.1 Å². The first-order valence-electron chi connectivity index (χ1n) is 5.19. The van der Waals surface area contributed by atoms with Crippen LogP contribution in [-0.4, -0.2) is 22.6 Å². The lowest BCUT2D eigenvalue weighted by atomic mass is 10.1. The maximum atomic E-state index is 13.9. The molecule has 7 heteroatoms. The summed E-state index contributed by atoms with van der Waals surface area (Å²) < 4.78 is 19.7.